The van der Waals surface area contributed by atoms with Crippen molar-refractivity contribution in [3.8, 4) is 0 Å². The number of Topliss-reactive ketones (excluding diaryl/α,β-unsaturated/α-hetero) is 1. The van der Waals surface area contributed by atoms with Gasteiger partial charge < -0.3 is 36.4 Å². The molecule has 52 heavy (non-hydrogen) atoms. The van der Waals surface area contributed by atoms with Crippen molar-refractivity contribution in [3.05, 3.63) is 35.9 Å². The van der Waals surface area contributed by atoms with E-state index in [1.54, 1.807) is 44.4 Å². The highest BCUT2D eigenvalue weighted by molar-refractivity contribution is 6.38. The van der Waals surface area contributed by atoms with Gasteiger partial charge in [-0.3, -0.25) is 28.8 Å². The molecule has 2 saturated carbocycles. The van der Waals surface area contributed by atoms with Gasteiger partial charge in [0.05, 0.1) is 12.6 Å². The quantitative estimate of drug-likeness (QED) is 0.192. The standard InChI is InChI=1S/C38H57N7O7/c1-36(2,3)30(42-35(52)43-37(4,5)6)34(51)45-20-23-26(38(23,7)8)28(45)31(48)40-24(18-21-16-17-21)29(47)32(49)39-19-25(46)41-27(33(50)44(9)10)22-14-12-11-13-15-22/h11-15,21,23-24,26-28,30H,16-20H2,1-10H3,(H,39,49)(H,40,48)(H,41,46)(H2,42,43,52)/t23-,24?,26-,27-,28?,30+/m0/s1. The van der Waals surface area contributed by atoms with Gasteiger partial charge in [0, 0.05) is 26.2 Å². The number of rotatable bonds is 13. The molecular formula is C38H57N7O7. The first-order chi connectivity index (χ1) is 24.0. The number of carbonyl (C=O) groups is 7. The number of nitrogens with zero attached hydrogens (tertiary/aromatic N) is 2. The summed E-state index contributed by atoms with van der Waals surface area (Å²) in [7, 11) is 3.13. The number of amides is 7. The van der Waals surface area contributed by atoms with Crippen molar-refractivity contribution in [2.75, 3.05) is 27.2 Å². The molecule has 6 atom stereocenters. The Bertz CT molecular complexity index is 1560. The predicted molar refractivity (Wildman–Crippen MR) is 194 cm³/mol. The summed E-state index contributed by atoms with van der Waals surface area (Å²) < 4.78 is 0. The van der Waals surface area contributed by atoms with Crippen LogP contribution in [-0.4, -0.2) is 102 Å². The number of ketones is 1. The van der Waals surface area contributed by atoms with E-state index in [0.29, 0.717) is 12.1 Å². The molecule has 7 amide bonds. The van der Waals surface area contributed by atoms with Gasteiger partial charge in [-0.15, -0.1) is 0 Å². The number of piperidine rings is 1. The lowest BCUT2D eigenvalue weighted by atomic mass is 9.85. The monoisotopic (exact) mass is 723 g/mol. The Balaban J connectivity index is 1.46. The molecule has 0 aromatic heterocycles. The van der Waals surface area contributed by atoms with E-state index in [1.807, 2.05) is 55.4 Å². The summed E-state index contributed by atoms with van der Waals surface area (Å²) in [6.07, 6.45) is 1.95. The third-order valence-corrected chi connectivity index (χ3v) is 10.3. The maximum absolute atomic E-state index is 14.2. The summed E-state index contributed by atoms with van der Waals surface area (Å²) in [5.41, 5.74) is -0.890. The predicted octanol–water partition coefficient (Wildman–Crippen LogP) is 1.90. The first-order valence-electron chi connectivity index (χ1n) is 18.1. The Kier molecular flexibility index (Phi) is 11.8. The molecule has 3 aliphatic rings. The zero-order valence-corrected chi connectivity index (χ0v) is 32.2. The summed E-state index contributed by atoms with van der Waals surface area (Å²) in [5, 5.41) is 13.5. The molecule has 4 rings (SSSR count). The molecule has 3 fully saturated rings. The average molecular weight is 724 g/mol. The number of likely N-dealkylation sites (N-methyl/N-ethyl adjacent to an activating group) is 1. The van der Waals surface area contributed by atoms with Crippen molar-refractivity contribution in [1.29, 1.82) is 0 Å². The van der Waals surface area contributed by atoms with E-state index >= 15 is 0 Å². The lowest BCUT2D eigenvalue weighted by Gasteiger charge is -2.38. The molecule has 1 aromatic rings. The van der Waals surface area contributed by atoms with Gasteiger partial charge >= 0.3 is 6.03 Å². The van der Waals surface area contributed by atoms with Crippen molar-refractivity contribution in [2.45, 2.75) is 104 Å². The van der Waals surface area contributed by atoms with Gasteiger partial charge in [0.2, 0.25) is 29.4 Å². The lowest BCUT2D eigenvalue weighted by Crippen LogP contribution is -2.62. The van der Waals surface area contributed by atoms with E-state index in [4.69, 9.17) is 0 Å². The fourth-order valence-corrected chi connectivity index (χ4v) is 7.12. The summed E-state index contributed by atoms with van der Waals surface area (Å²) in [4.78, 5) is 96.6. The smallest absolute Gasteiger partial charge is 0.315 e. The Morgan fingerprint density at radius 3 is 2.06 bits per heavy atom. The second kappa shape index (κ2) is 15.2. The van der Waals surface area contributed by atoms with Crippen LogP contribution in [0.4, 0.5) is 4.79 Å². The molecule has 2 unspecified atom stereocenters. The minimum absolute atomic E-state index is 0.0507. The number of hydrogen-bond acceptors (Lipinski definition) is 7. The molecular weight excluding hydrogens is 666 g/mol. The molecule has 0 bridgehead atoms. The minimum atomic E-state index is -1.16. The van der Waals surface area contributed by atoms with Crippen LogP contribution in [0.25, 0.3) is 0 Å². The van der Waals surface area contributed by atoms with Gasteiger partial charge in [0.15, 0.2) is 0 Å². The topological polar surface area (TPSA) is 186 Å². The van der Waals surface area contributed by atoms with Crippen LogP contribution in [-0.2, 0) is 28.8 Å². The van der Waals surface area contributed by atoms with Crippen LogP contribution < -0.4 is 26.6 Å². The molecule has 1 aliphatic heterocycles. The molecule has 14 nitrogen and oxygen atoms in total. The van der Waals surface area contributed by atoms with Crippen LogP contribution in [0.1, 0.15) is 86.3 Å². The largest absolute Gasteiger partial charge is 0.347 e. The van der Waals surface area contributed by atoms with Crippen molar-refractivity contribution in [2.24, 2.45) is 28.6 Å². The number of urea groups is 1. The number of hydrogen-bond donors (Lipinski definition) is 5. The van der Waals surface area contributed by atoms with E-state index in [2.05, 4.69) is 26.6 Å². The van der Waals surface area contributed by atoms with E-state index in [-0.39, 0.29) is 35.5 Å². The van der Waals surface area contributed by atoms with E-state index in [0.717, 1.165) is 12.8 Å². The van der Waals surface area contributed by atoms with Gasteiger partial charge in [-0.2, -0.15) is 0 Å². The van der Waals surface area contributed by atoms with Crippen LogP contribution in [0, 0.1) is 28.6 Å². The van der Waals surface area contributed by atoms with Crippen LogP contribution in [0.15, 0.2) is 30.3 Å². The highest BCUT2D eigenvalue weighted by Gasteiger charge is 2.70. The maximum Gasteiger partial charge on any atom is 0.315 e. The summed E-state index contributed by atoms with van der Waals surface area (Å²) in [5.74, 6) is -3.87. The Hall–Kier alpha value is -4.49. The average Bonchev–Trinajstić information content (AvgIpc) is 3.90. The van der Waals surface area contributed by atoms with Crippen LogP contribution in [0.3, 0.4) is 0 Å². The van der Waals surface area contributed by atoms with Gasteiger partial charge in [-0.05, 0) is 61.3 Å². The van der Waals surface area contributed by atoms with Crippen molar-refractivity contribution in [1.82, 2.24) is 36.4 Å². The molecule has 1 aromatic carbocycles. The molecule has 2 aliphatic carbocycles. The minimum Gasteiger partial charge on any atom is -0.347 e. The highest BCUT2D eigenvalue weighted by atomic mass is 16.2. The van der Waals surface area contributed by atoms with E-state index in [1.165, 1.54) is 9.80 Å². The van der Waals surface area contributed by atoms with Gasteiger partial charge in [-0.1, -0.05) is 77.8 Å². The third-order valence-electron chi connectivity index (χ3n) is 10.3. The fourth-order valence-electron chi connectivity index (χ4n) is 7.12. The van der Waals surface area contributed by atoms with Crippen molar-refractivity contribution in [3.63, 3.8) is 0 Å². The second-order valence-electron chi connectivity index (χ2n) is 17.5. The Labute approximate surface area is 306 Å². The Morgan fingerprint density at radius 1 is 0.904 bits per heavy atom. The van der Waals surface area contributed by atoms with Crippen LogP contribution in [0.5, 0.6) is 0 Å². The summed E-state index contributed by atoms with van der Waals surface area (Å²) >= 11 is 0. The second-order valence-corrected chi connectivity index (χ2v) is 17.5. The van der Waals surface area contributed by atoms with Crippen LogP contribution >= 0.6 is 0 Å². The number of carbonyl (C=O) groups excluding carboxylic acids is 7. The summed E-state index contributed by atoms with van der Waals surface area (Å²) in [6.45, 7) is 14.9. The molecule has 5 N–H and O–H groups in total. The normalized spacial score (nSPS) is 22.1. The number of fused-ring (bicyclic) bond motifs is 1. The molecule has 286 valence electrons. The SMILES string of the molecule is CN(C)C(=O)[C@@H](NC(=O)CNC(=O)C(=O)C(CC1CC1)NC(=O)C1[C@@H]2[C@H](CN1C(=O)[C@@H](NC(=O)NC(C)(C)C)C(C)(C)C)C2(C)C)c1ccccc1. The maximum atomic E-state index is 14.2. The Morgan fingerprint density at radius 2 is 1.52 bits per heavy atom. The van der Waals surface area contributed by atoms with Crippen LogP contribution in [0.2, 0.25) is 0 Å². The lowest BCUT2D eigenvalue weighted by molar-refractivity contribution is -0.145. The molecule has 0 radical (unpaired) electrons. The molecule has 1 saturated heterocycles. The zero-order valence-electron chi connectivity index (χ0n) is 32.2. The van der Waals surface area contributed by atoms with E-state index < -0.39 is 77.1 Å². The number of likely N-dealkylation sites (tertiary alicyclic amines) is 1. The van der Waals surface area contributed by atoms with Gasteiger partial charge in [-0.25, -0.2) is 4.79 Å². The first-order valence-corrected chi connectivity index (χ1v) is 18.1. The van der Waals surface area contributed by atoms with Crippen molar-refractivity contribution < 1.29 is 33.6 Å². The fraction of sp³-hybridized carbons (Fsp3) is 0.658. The first kappa shape index (κ1) is 40.3. The third kappa shape index (κ3) is 9.68. The van der Waals surface area contributed by atoms with E-state index in [9.17, 15) is 33.6 Å². The molecule has 0 spiro atoms. The van der Waals surface area contributed by atoms with Gasteiger partial charge in [0.1, 0.15) is 18.1 Å². The molecule has 1 heterocycles. The number of nitrogens with one attached hydrogen (secondary N) is 5. The zero-order chi connectivity index (χ0) is 38.9. The molecule has 14 heteroatoms. The summed E-state index contributed by atoms with van der Waals surface area (Å²) in [6, 6.07) is 4.16. The van der Waals surface area contributed by atoms with Gasteiger partial charge in [0.25, 0.3) is 5.91 Å². The number of benzene rings is 1. The highest BCUT2D eigenvalue weighted by Crippen LogP contribution is 2.65. The van der Waals surface area contributed by atoms with Crippen molar-refractivity contribution >= 4 is 41.4 Å².